The average molecular weight is 245 g/mol. The summed E-state index contributed by atoms with van der Waals surface area (Å²) in [7, 11) is -1.75. The lowest BCUT2D eigenvalue weighted by Gasteiger charge is -2.10. The summed E-state index contributed by atoms with van der Waals surface area (Å²) in [5.41, 5.74) is 0.704. The molecule has 0 bridgehead atoms. The van der Waals surface area contributed by atoms with Crippen molar-refractivity contribution in [3.8, 4) is 5.75 Å². The van der Waals surface area contributed by atoms with E-state index < -0.39 is 16.2 Å². The van der Waals surface area contributed by atoms with Crippen LogP contribution in [0.5, 0.6) is 5.75 Å². The molecule has 90 valence electrons. The Kier molecular flexibility index (Phi) is 4.28. The summed E-state index contributed by atoms with van der Waals surface area (Å²) in [4.78, 5) is 0. The third kappa shape index (κ3) is 4.18. The van der Waals surface area contributed by atoms with E-state index in [1.165, 1.54) is 12.1 Å². The molecule has 0 fully saturated rings. The Morgan fingerprint density at radius 3 is 2.38 bits per heavy atom. The first-order chi connectivity index (χ1) is 7.42. The summed E-state index contributed by atoms with van der Waals surface area (Å²) in [5.74, 6) is 0.239. The van der Waals surface area contributed by atoms with Gasteiger partial charge in [0.1, 0.15) is 5.75 Å². The van der Waals surface area contributed by atoms with Gasteiger partial charge in [-0.05, 0) is 24.7 Å². The molecule has 0 aliphatic heterocycles. The van der Waals surface area contributed by atoms with Gasteiger partial charge in [-0.2, -0.15) is 8.42 Å². The molecule has 1 atom stereocenters. The van der Waals surface area contributed by atoms with Gasteiger partial charge in [0, 0.05) is 6.54 Å². The highest BCUT2D eigenvalue weighted by Gasteiger charge is 2.08. The maximum Gasteiger partial charge on any atom is 0.306 e. The third-order valence-corrected chi connectivity index (χ3v) is 2.41. The molecule has 0 spiro atoms. The van der Waals surface area contributed by atoms with Crippen LogP contribution in [-0.4, -0.2) is 33.4 Å². The van der Waals surface area contributed by atoms with Crippen LogP contribution < -0.4 is 9.50 Å². The van der Waals surface area contributed by atoms with Crippen LogP contribution in [0.1, 0.15) is 11.7 Å². The Hall–Kier alpha value is -1.11. The minimum absolute atomic E-state index is 0.239. The van der Waals surface area contributed by atoms with E-state index in [0.717, 1.165) is 6.26 Å². The van der Waals surface area contributed by atoms with Gasteiger partial charge in [-0.15, -0.1) is 0 Å². The van der Waals surface area contributed by atoms with E-state index in [9.17, 15) is 13.5 Å². The minimum atomic E-state index is -3.50. The lowest BCUT2D eigenvalue weighted by molar-refractivity contribution is 0.178. The summed E-state index contributed by atoms with van der Waals surface area (Å²) < 4.78 is 26.4. The van der Waals surface area contributed by atoms with Crippen molar-refractivity contribution < 1.29 is 17.7 Å². The van der Waals surface area contributed by atoms with Crippen LogP contribution in [0.2, 0.25) is 0 Å². The standard InChI is InChI=1S/C10H15NO4S/c1-11-7-10(12)8-3-5-9(6-4-8)15-16(2,13)14/h3-6,10-12H,7H2,1-2H3/t10-/m1/s1. The molecule has 1 aromatic carbocycles. The highest BCUT2D eigenvalue weighted by atomic mass is 32.2. The van der Waals surface area contributed by atoms with E-state index in [-0.39, 0.29) is 5.75 Å². The van der Waals surface area contributed by atoms with Gasteiger partial charge in [-0.25, -0.2) is 0 Å². The molecule has 16 heavy (non-hydrogen) atoms. The second-order valence-corrected chi connectivity index (χ2v) is 5.00. The van der Waals surface area contributed by atoms with Crippen LogP contribution in [0.4, 0.5) is 0 Å². The Bertz CT molecular complexity index is 427. The molecule has 0 heterocycles. The molecule has 1 aromatic rings. The van der Waals surface area contributed by atoms with Crippen LogP contribution in [0.15, 0.2) is 24.3 Å². The lowest BCUT2D eigenvalue weighted by atomic mass is 10.1. The summed E-state index contributed by atoms with van der Waals surface area (Å²) >= 11 is 0. The average Bonchev–Trinajstić information content (AvgIpc) is 2.16. The molecular formula is C10H15NO4S. The van der Waals surface area contributed by atoms with E-state index >= 15 is 0 Å². The molecule has 0 aliphatic carbocycles. The Labute approximate surface area is 95.2 Å². The van der Waals surface area contributed by atoms with Crippen molar-refractivity contribution in [2.24, 2.45) is 0 Å². The zero-order valence-corrected chi connectivity index (χ0v) is 9.99. The molecule has 0 saturated heterocycles. The minimum Gasteiger partial charge on any atom is -0.387 e. The number of hydrogen-bond acceptors (Lipinski definition) is 5. The second-order valence-electron chi connectivity index (χ2n) is 3.43. The fourth-order valence-electron chi connectivity index (χ4n) is 1.23. The fourth-order valence-corrected chi connectivity index (χ4v) is 1.69. The molecule has 0 aromatic heterocycles. The molecule has 6 heteroatoms. The number of aliphatic hydroxyl groups is 1. The number of benzene rings is 1. The third-order valence-electron chi connectivity index (χ3n) is 1.91. The van der Waals surface area contributed by atoms with E-state index in [1.54, 1.807) is 19.2 Å². The summed E-state index contributed by atoms with van der Waals surface area (Å²) in [6, 6.07) is 6.27. The van der Waals surface area contributed by atoms with Gasteiger partial charge in [-0.1, -0.05) is 12.1 Å². The topological polar surface area (TPSA) is 75.6 Å². The van der Waals surface area contributed by atoms with Gasteiger partial charge in [0.05, 0.1) is 12.4 Å². The summed E-state index contributed by atoms with van der Waals surface area (Å²) in [5, 5.41) is 12.5. The molecule has 5 nitrogen and oxygen atoms in total. The normalized spacial score (nSPS) is 13.4. The Morgan fingerprint density at radius 2 is 1.94 bits per heavy atom. The predicted octanol–water partition coefficient (Wildman–Crippen LogP) is 0.278. The molecule has 2 N–H and O–H groups in total. The highest BCUT2D eigenvalue weighted by molar-refractivity contribution is 7.86. The highest BCUT2D eigenvalue weighted by Crippen LogP contribution is 2.18. The SMILES string of the molecule is CNC[C@@H](O)c1ccc(OS(C)(=O)=O)cc1. The maximum absolute atomic E-state index is 10.8. The number of nitrogens with one attached hydrogen (secondary N) is 1. The Balaban J connectivity index is 2.75. The van der Waals surface area contributed by atoms with Gasteiger partial charge < -0.3 is 14.6 Å². The van der Waals surface area contributed by atoms with Gasteiger partial charge in [0.2, 0.25) is 0 Å². The van der Waals surface area contributed by atoms with Gasteiger partial charge in [-0.3, -0.25) is 0 Å². The first kappa shape index (κ1) is 13.0. The van der Waals surface area contributed by atoms with E-state index in [1.807, 2.05) is 0 Å². The number of rotatable bonds is 5. The molecular weight excluding hydrogens is 230 g/mol. The first-order valence-corrected chi connectivity index (χ1v) is 6.56. The van der Waals surface area contributed by atoms with Gasteiger partial charge in [0.25, 0.3) is 0 Å². The molecule has 0 radical (unpaired) electrons. The zero-order chi connectivity index (χ0) is 12.2. The fraction of sp³-hybridized carbons (Fsp3) is 0.400. The predicted molar refractivity (Wildman–Crippen MR) is 60.8 cm³/mol. The van der Waals surface area contributed by atoms with Crippen LogP contribution in [0, 0.1) is 0 Å². The van der Waals surface area contributed by atoms with Crippen LogP contribution in [0.25, 0.3) is 0 Å². The quantitative estimate of drug-likeness (QED) is 0.729. The largest absolute Gasteiger partial charge is 0.387 e. The van der Waals surface area contributed by atoms with Gasteiger partial charge in [0.15, 0.2) is 0 Å². The molecule has 0 amide bonds. The molecule has 0 saturated carbocycles. The van der Waals surface area contributed by atoms with Crippen molar-refractivity contribution in [2.45, 2.75) is 6.10 Å². The van der Waals surface area contributed by atoms with E-state index in [2.05, 4.69) is 9.50 Å². The first-order valence-electron chi connectivity index (χ1n) is 4.74. The molecule has 0 aliphatic rings. The van der Waals surface area contributed by atoms with E-state index in [0.29, 0.717) is 12.1 Å². The van der Waals surface area contributed by atoms with Crippen LogP contribution in [-0.2, 0) is 10.1 Å². The molecule has 0 unspecified atom stereocenters. The van der Waals surface area contributed by atoms with Crippen molar-refractivity contribution in [1.82, 2.24) is 5.32 Å². The smallest absolute Gasteiger partial charge is 0.306 e. The van der Waals surface area contributed by atoms with Crippen molar-refractivity contribution in [2.75, 3.05) is 19.8 Å². The number of aliphatic hydroxyl groups excluding tert-OH is 1. The Morgan fingerprint density at radius 1 is 1.38 bits per heavy atom. The number of likely N-dealkylation sites (N-methyl/N-ethyl adjacent to an activating group) is 1. The maximum atomic E-state index is 10.8. The van der Waals surface area contributed by atoms with Crippen molar-refractivity contribution in [3.63, 3.8) is 0 Å². The second kappa shape index (κ2) is 5.29. The lowest BCUT2D eigenvalue weighted by Crippen LogP contribution is -2.16. The number of hydrogen-bond donors (Lipinski definition) is 2. The zero-order valence-electron chi connectivity index (χ0n) is 9.17. The summed E-state index contributed by atoms with van der Waals surface area (Å²) in [6.07, 6.45) is 0.369. The molecule has 1 rings (SSSR count). The van der Waals surface area contributed by atoms with Crippen LogP contribution >= 0.6 is 0 Å². The summed E-state index contributed by atoms with van der Waals surface area (Å²) in [6.45, 7) is 0.437. The van der Waals surface area contributed by atoms with Crippen molar-refractivity contribution in [3.05, 3.63) is 29.8 Å². The van der Waals surface area contributed by atoms with Crippen LogP contribution in [0.3, 0.4) is 0 Å². The van der Waals surface area contributed by atoms with Crippen molar-refractivity contribution >= 4 is 10.1 Å². The van der Waals surface area contributed by atoms with E-state index in [4.69, 9.17) is 0 Å². The van der Waals surface area contributed by atoms with Crippen molar-refractivity contribution in [1.29, 1.82) is 0 Å². The van der Waals surface area contributed by atoms with Gasteiger partial charge >= 0.3 is 10.1 Å². The monoisotopic (exact) mass is 245 g/mol.